The van der Waals surface area contributed by atoms with E-state index in [0.717, 1.165) is 24.3 Å². The van der Waals surface area contributed by atoms with Crippen LogP contribution in [0.5, 0.6) is 11.5 Å². The number of hydrogen-bond acceptors (Lipinski definition) is 5. The van der Waals surface area contributed by atoms with Crippen molar-refractivity contribution in [3.63, 3.8) is 0 Å². The molecule has 144 valence electrons. The van der Waals surface area contributed by atoms with Gasteiger partial charge in [-0.2, -0.15) is 0 Å². The third-order valence-corrected chi connectivity index (χ3v) is 5.26. The van der Waals surface area contributed by atoms with E-state index in [-0.39, 0.29) is 5.92 Å². The lowest BCUT2D eigenvalue weighted by Crippen LogP contribution is -2.13. The molecule has 0 bridgehead atoms. The number of ether oxygens (including phenoxy) is 1. The monoisotopic (exact) mass is 384 g/mol. The van der Waals surface area contributed by atoms with Crippen molar-refractivity contribution >= 4 is 0 Å². The summed E-state index contributed by atoms with van der Waals surface area (Å²) in [4.78, 5) is 8.56. The molecule has 2 aromatic carbocycles. The van der Waals surface area contributed by atoms with Crippen LogP contribution >= 0.6 is 0 Å². The number of rotatable bonds is 5. The summed E-state index contributed by atoms with van der Waals surface area (Å²) in [6, 6.07) is 21.4. The van der Waals surface area contributed by atoms with E-state index in [1.165, 1.54) is 11.1 Å². The Morgan fingerprint density at radius 2 is 1.72 bits per heavy atom. The molecule has 0 radical (unpaired) electrons. The minimum Gasteiger partial charge on any atom is -0.457 e. The van der Waals surface area contributed by atoms with Gasteiger partial charge in [-0.05, 0) is 60.4 Å². The third kappa shape index (κ3) is 3.65. The maximum absolute atomic E-state index is 10.8. The zero-order valence-electron chi connectivity index (χ0n) is 15.7. The molecule has 1 N–H and O–H groups in total. The quantitative estimate of drug-likeness (QED) is 0.526. The summed E-state index contributed by atoms with van der Waals surface area (Å²) in [6.07, 6.45) is 4.09. The molecule has 4 aromatic rings. The van der Waals surface area contributed by atoms with Crippen LogP contribution in [0.1, 0.15) is 23.1 Å². The molecule has 2 atom stereocenters. The molecule has 29 heavy (non-hydrogen) atoms. The van der Waals surface area contributed by atoms with Gasteiger partial charge in [-0.1, -0.05) is 30.3 Å². The first kappa shape index (κ1) is 17.6. The molecule has 5 rings (SSSR count). The number of nitrogens with zero attached hydrogens (tertiary/aromatic N) is 2. The molecular formula is C24H20N2O3. The molecule has 0 spiro atoms. The Morgan fingerprint density at radius 1 is 0.897 bits per heavy atom. The molecule has 1 aliphatic rings. The Kier molecular flexibility index (Phi) is 4.58. The predicted octanol–water partition coefficient (Wildman–Crippen LogP) is 4.98. The first-order chi connectivity index (χ1) is 14.3. The first-order valence-corrected chi connectivity index (χ1v) is 9.66. The van der Waals surface area contributed by atoms with Gasteiger partial charge < -0.3 is 14.3 Å². The topological polar surface area (TPSA) is 68.4 Å². The Bertz CT molecular complexity index is 1110. The maximum atomic E-state index is 10.8. The van der Waals surface area contributed by atoms with Crippen LogP contribution in [0.4, 0.5) is 0 Å². The second-order valence-corrected chi connectivity index (χ2v) is 7.24. The number of aliphatic hydroxyl groups is 1. The molecule has 5 heteroatoms. The van der Waals surface area contributed by atoms with E-state index in [1.807, 2.05) is 54.6 Å². The molecule has 0 saturated carbocycles. The largest absolute Gasteiger partial charge is 0.457 e. The smallest absolute Gasteiger partial charge is 0.224 e. The average Bonchev–Trinajstić information content (AvgIpc) is 3.42. The first-order valence-electron chi connectivity index (χ1n) is 9.66. The number of benzene rings is 2. The van der Waals surface area contributed by atoms with Gasteiger partial charge >= 0.3 is 0 Å². The van der Waals surface area contributed by atoms with Crippen molar-refractivity contribution in [1.29, 1.82) is 0 Å². The van der Waals surface area contributed by atoms with Crippen LogP contribution in [0.25, 0.3) is 11.5 Å². The van der Waals surface area contributed by atoms with Gasteiger partial charge in [-0.15, -0.1) is 0 Å². The Morgan fingerprint density at radius 3 is 2.55 bits per heavy atom. The fourth-order valence-corrected chi connectivity index (χ4v) is 3.79. The van der Waals surface area contributed by atoms with Crippen LogP contribution in [-0.4, -0.2) is 15.1 Å². The van der Waals surface area contributed by atoms with E-state index in [0.29, 0.717) is 17.3 Å². The number of oxazole rings is 1. The van der Waals surface area contributed by atoms with E-state index in [9.17, 15) is 5.11 Å². The molecule has 2 aromatic heterocycles. The van der Waals surface area contributed by atoms with Crippen molar-refractivity contribution in [2.24, 2.45) is 5.92 Å². The molecule has 2 heterocycles. The highest BCUT2D eigenvalue weighted by Gasteiger charge is 2.31. The van der Waals surface area contributed by atoms with Crippen molar-refractivity contribution in [3.8, 4) is 23.0 Å². The van der Waals surface area contributed by atoms with Crippen LogP contribution in [0.3, 0.4) is 0 Å². The van der Waals surface area contributed by atoms with E-state index < -0.39 is 6.10 Å². The van der Waals surface area contributed by atoms with Crippen molar-refractivity contribution in [2.75, 3.05) is 0 Å². The lowest BCUT2D eigenvalue weighted by atomic mass is 9.99. The Balaban J connectivity index is 1.31. The molecule has 0 fully saturated rings. The second-order valence-electron chi connectivity index (χ2n) is 7.24. The molecule has 2 unspecified atom stereocenters. The summed E-state index contributed by atoms with van der Waals surface area (Å²) in [6.45, 7) is 0. The fraction of sp³-hybridized carbons (Fsp3) is 0.167. The molecule has 5 nitrogen and oxygen atoms in total. The van der Waals surface area contributed by atoms with Crippen molar-refractivity contribution in [2.45, 2.75) is 18.9 Å². The lowest BCUT2D eigenvalue weighted by Gasteiger charge is -2.13. The summed E-state index contributed by atoms with van der Waals surface area (Å²) in [7, 11) is 0. The lowest BCUT2D eigenvalue weighted by molar-refractivity contribution is 0.0856. The summed E-state index contributed by atoms with van der Waals surface area (Å²) in [5, 5.41) is 10.8. The Labute approximate surface area is 168 Å². The zero-order chi connectivity index (χ0) is 19.6. The average molecular weight is 384 g/mol. The van der Waals surface area contributed by atoms with Crippen molar-refractivity contribution in [3.05, 3.63) is 96.1 Å². The summed E-state index contributed by atoms with van der Waals surface area (Å²) >= 11 is 0. The van der Waals surface area contributed by atoms with E-state index in [2.05, 4.69) is 22.1 Å². The Hall–Kier alpha value is -3.44. The highest BCUT2D eigenvalue weighted by molar-refractivity contribution is 5.50. The number of para-hydroxylation sites is 1. The molecule has 1 aliphatic carbocycles. The van der Waals surface area contributed by atoms with E-state index in [4.69, 9.17) is 9.15 Å². The molecule has 0 saturated heterocycles. The van der Waals surface area contributed by atoms with E-state index >= 15 is 0 Å². The normalized spacial score (nSPS) is 16.4. The van der Waals surface area contributed by atoms with Gasteiger partial charge in [0.1, 0.15) is 23.3 Å². The predicted molar refractivity (Wildman–Crippen MR) is 109 cm³/mol. The molecular weight excluding hydrogens is 364 g/mol. The number of aliphatic hydroxyl groups excluding tert-OH is 1. The molecule has 0 amide bonds. The van der Waals surface area contributed by atoms with Gasteiger partial charge in [-0.25, -0.2) is 4.98 Å². The van der Waals surface area contributed by atoms with Crippen LogP contribution in [0.15, 0.2) is 83.5 Å². The number of aromatic nitrogens is 2. The van der Waals surface area contributed by atoms with Gasteiger partial charge in [0.15, 0.2) is 5.76 Å². The van der Waals surface area contributed by atoms with Crippen LogP contribution in [-0.2, 0) is 12.8 Å². The highest BCUT2D eigenvalue weighted by atomic mass is 16.5. The number of pyridine rings is 1. The number of hydrogen-bond donors (Lipinski definition) is 1. The summed E-state index contributed by atoms with van der Waals surface area (Å²) in [5.74, 6) is 2.53. The van der Waals surface area contributed by atoms with Crippen molar-refractivity contribution < 1.29 is 14.3 Å². The maximum Gasteiger partial charge on any atom is 0.224 e. The SMILES string of the molecule is OC(c1ncc(-c2ccccn2)o1)C1Cc2ccc(Oc3ccccc3)cc2C1. The van der Waals surface area contributed by atoms with Crippen LogP contribution in [0.2, 0.25) is 0 Å². The van der Waals surface area contributed by atoms with Crippen LogP contribution in [0, 0.1) is 5.92 Å². The fourth-order valence-electron chi connectivity index (χ4n) is 3.79. The van der Waals surface area contributed by atoms with Gasteiger partial charge in [0, 0.05) is 12.1 Å². The van der Waals surface area contributed by atoms with E-state index in [1.54, 1.807) is 12.4 Å². The van der Waals surface area contributed by atoms with Gasteiger partial charge in [0.05, 0.1) is 6.20 Å². The minimum atomic E-state index is -0.765. The zero-order valence-corrected chi connectivity index (χ0v) is 15.7. The standard InChI is InChI=1S/C24H20N2O3/c27-23(24-26-15-22(29-24)21-8-4-5-11-25-21)18-12-16-9-10-20(14-17(16)13-18)28-19-6-2-1-3-7-19/h1-11,14-15,18,23,27H,12-13H2. The van der Waals surface area contributed by atoms with Gasteiger partial charge in [0.25, 0.3) is 0 Å². The van der Waals surface area contributed by atoms with Gasteiger partial charge in [-0.3, -0.25) is 4.98 Å². The highest BCUT2D eigenvalue weighted by Crippen LogP contribution is 2.38. The third-order valence-electron chi connectivity index (χ3n) is 5.26. The van der Waals surface area contributed by atoms with Crippen molar-refractivity contribution in [1.82, 2.24) is 9.97 Å². The second kappa shape index (κ2) is 7.53. The van der Waals surface area contributed by atoms with Gasteiger partial charge in [0.2, 0.25) is 5.89 Å². The number of fused-ring (bicyclic) bond motifs is 1. The molecule has 0 aliphatic heterocycles. The van der Waals surface area contributed by atoms with Crippen LogP contribution < -0.4 is 4.74 Å². The minimum absolute atomic E-state index is 0.0206. The summed E-state index contributed by atoms with van der Waals surface area (Å²) < 4.78 is 11.7. The summed E-state index contributed by atoms with van der Waals surface area (Å²) in [5.41, 5.74) is 3.13.